The van der Waals surface area contributed by atoms with Gasteiger partial charge in [-0.3, -0.25) is 4.79 Å². The van der Waals surface area contributed by atoms with Crippen molar-refractivity contribution in [1.82, 2.24) is 4.90 Å². The molecule has 1 unspecified atom stereocenters. The summed E-state index contributed by atoms with van der Waals surface area (Å²) in [5.41, 5.74) is 0. The highest BCUT2D eigenvalue weighted by Gasteiger charge is 2.26. The van der Waals surface area contributed by atoms with Crippen LogP contribution in [0.15, 0.2) is 12.7 Å². The molecule has 0 N–H and O–H groups in total. The maximum absolute atomic E-state index is 11.2. The second-order valence-corrected chi connectivity index (χ2v) is 3.78. The molecule has 1 aliphatic heterocycles. The third-order valence-electron chi connectivity index (χ3n) is 2.65. The van der Waals surface area contributed by atoms with Gasteiger partial charge in [-0.2, -0.15) is 0 Å². The van der Waals surface area contributed by atoms with Gasteiger partial charge in [-0.05, 0) is 24.3 Å². The van der Waals surface area contributed by atoms with Crippen molar-refractivity contribution in [2.24, 2.45) is 11.8 Å². The molecule has 0 spiro atoms. The molecule has 0 radical (unpaired) electrons. The van der Waals surface area contributed by atoms with Crippen LogP contribution in [-0.2, 0) is 4.79 Å². The lowest BCUT2D eigenvalue weighted by atomic mass is 9.95. The summed E-state index contributed by atoms with van der Waals surface area (Å²) in [5.74, 6) is 1.46. The second-order valence-electron chi connectivity index (χ2n) is 3.78. The minimum Gasteiger partial charge on any atom is -0.339 e. The lowest BCUT2D eigenvalue weighted by Gasteiger charge is -2.16. The summed E-state index contributed by atoms with van der Waals surface area (Å²) < 4.78 is 0. The Kier molecular flexibility index (Phi) is 4.74. The number of carbonyl (C=O) groups excluding carboxylic acids is 1. The zero-order chi connectivity index (χ0) is 9.14. The first-order chi connectivity index (χ1) is 5.65. The molecule has 0 aromatic carbocycles. The summed E-state index contributed by atoms with van der Waals surface area (Å²) in [7, 11) is 0. The molecule has 1 amide bonds. The molecule has 1 aliphatic rings. The van der Waals surface area contributed by atoms with Crippen LogP contribution in [0.3, 0.4) is 0 Å². The predicted molar refractivity (Wildman–Crippen MR) is 56.5 cm³/mol. The third kappa shape index (κ3) is 2.87. The van der Waals surface area contributed by atoms with E-state index in [0.29, 0.717) is 11.8 Å². The fourth-order valence-electron chi connectivity index (χ4n) is 1.66. The van der Waals surface area contributed by atoms with E-state index < -0.39 is 0 Å². The molecule has 0 aromatic rings. The Morgan fingerprint density at radius 2 is 2.23 bits per heavy atom. The molecule has 0 saturated carbocycles. The maximum atomic E-state index is 11.2. The number of likely N-dealkylation sites (tertiary alicyclic amines) is 1. The van der Waals surface area contributed by atoms with Crippen molar-refractivity contribution >= 4 is 5.91 Å². The molecule has 0 aromatic heterocycles. The van der Waals surface area contributed by atoms with E-state index in [9.17, 15) is 4.79 Å². The lowest BCUT2D eigenvalue weighted by molar-refractivity contribution is -0.125. The largest absolute Gasteiger partial charge is 0.339 e. The second kappa shape index (κ2) is 5.05. The van der Waals surface area contributed by atoms with Crippen molar-refractivity contribution in [3.05, 3.63) is 12.7 Å². The Labute approximate surface area is 81.6 Å². The monoisotopic (exact) mass is 183 g/mol. The van der Waals surface area contributed by atoms with Gasteiger partial charge in [-0.15, -0.1) is 0 Å². The fourth-order valence-corrected chi connectivity index (χ4v) is 1.66. The van der Waals surface area contributed by atoms with Gasteiger partial charge < -0.3 is 4.90 Å². The first-order valence-electron chi connectivity index (χ1n) is 4.56. The number of hydrogen-bond acceptors (Lipinski definition) is 1. The van der Waals surface area contributed by atoms with Crippen LogP contribution in [0.5, 0.6) is 0 Å². The SMILES string of the molecule is C.C=CC(=O)N1CCC(C(C)C)C1. The van der Waals surface area contributed by atoms with Gasteiger partial charge in [0.15, 0.2) is 0 Å². The van der Waals surface area contributed by atoms with Crippen molar-refractivity contribution < 1.29 is 4.79 Å². The molecule has 0 bridgehead atoms. The van der Waals surface area contributed by atoms with Crippen LogP contribution in [0.2, 0.25) is 0 Å². The zero-order valence-corrected chi connectivity index (χ0v) is 7.92. The van der Waals surface area contributed by atoms with E-state index in [4.69, 9.17) is 0 Å². The molecule has 1 heterocycles. The van der Waals surface area contributed by atoms with E-state index in [2.05, 4.69) is 20.4 Å². The predicted octanol–water partition coefficient (Wildman–Crippen LogP) is 2.31. The summed E-state index contributed by atoms with van der Waals surface area (Å²) >= 11 is 0. The molecule has 2 heteroatoms. The molecule has 1 atom stereocenters. The highest BCUT2D eigenvalue weighted by molar-refractivity contribution is 5.87. The van der Waals surface area contributed by atoms with Gasteiger partial charge in [0.1, 0.15) is 0 Å². The smallest absolute Gasteiger partial charge is 0.245 e. The van der Waals surface area contributed by atoms with Crippen molar-refractivity contribution in [3.8, 4) is 0 Å². The number of nitrogens with zero attached hydrogens (tertiary/aromatic N) is 1. The molecular formula is C11H21NO. The van der Waals surface area contributed by atoms with Gasteiger partial charge in [0.25, 0.3) is 0 Å². The van der Waals surface area contributed by atoms with Crippen LogP contribution in [0.4, 0.5) is 0 Å². The first-order valence-corrected chi connectivity index (χ1v) is 4.56. The van der Waals surface area contributed by atoms with Crippen molar-refractivity contribution in [2.75, 3.05) is 13.1 Å². The molecule has 1 fully saturated rings. The molecule has 1 saturated heterocycles. The Morgan fingerprint density at radius 3 is 2.62 bits per heavy atom. The van der Waals surface area contributed by atoms with Crippen molar-refractivity contribution in [1.29, 1.82) is 0 Å². The lowest BCUT2D eigenvalue weighted by Crippen LogP contribution is -2.27. The summed E-state index contributed by atoms with van der Waals surface area (Å²) in [5, 5.41) is 0. The fraction of sp³-hybridized carbons (Fsp3) is 0.727. The van der Waals surface area contributed by atoms with Crippen LogP contribution >= 0.6 is 0 Å². The van der Waals surface area contributed by atoms with E-state index in [1.807, 2.05) is 4.90 Å². The zero-order valence-electron chi connectivity index (χ0n) is 7.92. The quantitative estimate of drug-likeness (QED) is 0.602. The summed E-state index contributed by atoms with van der Waals surface area (Å²) in [6, 6.07) is 0. The Bertz CT molecular complexity index is 187. The Hall–Kier alpha value is -0.790. The topological polar surface area (TPSA) is 20.3 Å². The van der Waals surface area contributed by atoms with E-state index in [-0.39, 0.29) is 13.3 Å². The number of hydrogen-bond donors (Lipinski definition) is 0. The van der Waals surface area contributed by atoms with Gasteiger partial charge in [-0.25, -0.2) is 0 Å². The highest BCUT2D eigenvalue weighted by atomic mass is 16.2. The van der Waals surface area contributed by atoms with Gasteiger partial charge in [0.2, 0.25) is 5.91 Å². The minimum atomic E-state index is 0. The molecular weight excluding hydrogens is 162 g/mol. The van der Waals surface area contributed by atoms with E-state index >= 15 is 0 Å². The standard InChI is InChI=1S/C10H17NO.CH4/c1-4-10(12)11-6-5-9(7-11)8(2)3;/h4,8-9H,1,5-7H2,2-3H3;1H4. The first kappa shape index (κ1) is 12.2. The van der Waals surface area contributed by atoms with E-state index in [1.54, 1.807) is 0 Å². The van der Waals surface area contributed by atoms with Crippen LogP contribution in [-0.4, -0.2) is 23.9 Å². The number of rotatable bonds is 2. The molecule has 76 valence electrons. The van der Waals surface area contributed by atoms with Crippen molar-refractivity contribution in [3.63, 3.8) is 0 Å². The molecule has 2 nitrogen and oxygen atoms in total. The highest BCUT2D eigenvalue weighted by Crippen LogP contribution is 2.23. The Balaban J connectivity index is 0.00000144. The molecule has 1 rings (SSSR count). The van der Waals surface area contributed by atoms with Gasteiger partial charge in [0, 0.05) is 13.1 Å². The van der Waals surface area contributed by atoms with Crippen LogP contribution in [0, 0.1) is 11.8 Å². The van der Waals surface area contributed by atoms with Crippen LogP contribution in [0.25, 0.3) is 0 Å². The summed E-state index contributed by atoms with van der Waals surface area (Å²) in [6.45, 7) is 9.74. The van der Waals surface area contributed by atoms with Gasteiger partial charge in [0.05, 0.1) is 0 Å². The third-order valence-corrected chi connectivity index (χ3v) is 2.65. The summed E-state index contributed by atoms with van der Waals surface area (Å²) in [6.07, 6.45) is 2.56. The number of amides is 1. The Morgan fingerprint density at radius 1 is 1.62 bits per heavy atom. The van der Waals surface area contributed by atoms with E-state index in [0.717, 1.165) is 19.5 Å². The van der Waals surface area contributed by atoms with Crippen LogP contribution in [0.1, 0.15) is 27.7 Å². The average molecular weight is 183 g/mol. The van der Waals surface area contributed by atoms with Gasteiger partial charge >= 0.3 is 0 Å². The van der Waals surface area contributed by atoms with Crippen molar-refractivity contribution in [2.45, 2.75) is 27.7 Å². The number of carbonyl (C=O) groups is 1. The summed E-state index contributed by atoms with van der Waals surface area (Å²) in [4.78, 5) is 13.1. The normalized spacial score (nSPS) is 21.5. The average Bonchev–Trinajstić information content (AvgIpc) is 2.51. The maximum Gasteiger partial charge on any atom is 0.245 e. The van der Waals surface area contributed by atoms with E-state index in [1.165, 1.54) is 6.08 Å². The minimum absolute atomic E-state index is 0. The molecule has 0 aliphatic carbocycles. The molecule has 13 heavy (non-hydrogen) atoms. The van der Waals surface area contributed by atoms with Gasteiger partial charge in [-0.1, -0.05) is 27.9 Å². The van der Waals surface area contributed by atoms with Crippen LogP contribution < -0.4 is 0 Å².